The summed E-state index contributed by atoms with van der Waals surface area (Å²) < 4.78 is 48.2. The molecular formula is C35H36F3O4P. The fourth-order valence-electron chi connectivity index (χ4n) is 5.95. The van der Waals surface area contributed by atoms with Crippen LogP contribution >= 0.6 is 6.83 Å². The quantitative estimate of drug-likeness (QED) is 0.228. The van der Waals surface area contributed by atoms with Crippen LogP contribution < -0.4 is 15.9 Å². The second-order valence-corrected chi connectivity index (χ2v) is 16.1. The third kappa shape index (κ3) is 6.02. The first-order chi connectivity index (χ1) is 20.2. The first kappa shape index (κ1) is 32.1. The molecule has 1 aliphatic carbocycles. The molecule has 0 saturated heterocycles. The summed E-state index contributed by atoms with van der Waals surface area (Å²) in [5, 5.41) is 11.6. The zero-order valence-electron chi connectivity index (χ0n) is 24.6. The van der Waals surface area contributed by atoms with Gasteiger partial charge in [0, 0.05) is 0 Å². The zero-order chi connectivity index (χ0) is 31.5. The van der Waals surface area contributed by atoms with Crippen molar-refractivity contribution >= 4 is 34.5 Å². The number of hydrogen-bond acceptors (Lipinski definition) is 4. The van der Waals surface area contributed by atoms with E-state index in [1.54, 1.807) is 104 Å². The molecule has 4 rings (SSSR count). The fourth-order valence-corrected chi connectivity index (χ4v) is 11.4. The molecule has 1 unspecified atom stereocenters. The van der Waals surface area contributed by atoms with Crippen LogP contribution in [0, 0.1) is 5.41 Å². The molecule has 4 nitrogen and oxygen atoms in total. The summed E-state index contributed by atoms with van der Waals surface area (Å²) in [7, 11) is 0. The van der Waals surface area contributed by atoms with Gasteiger partial charge in [0.25, 0.3) is 0 Å². The van der Waals surface area contributed by atoms with Crippen LogP contribution in [0.1, 0.15) is 34.1 Å². The van der Waals surface area contributed by atoms with E-state index < -0.39 is 30.5 Å². The van der Waals surface area contributed by atoms with Crippen LogP contribution in [0.3, 0.4) is 0 Å². The SMILES string of the molecule is CC(C=CC1=C(C)C(=O)C(O)CC1(C)C)=CCP(OC(=O)C(F)(F)F)(c1ccccc1)(c1ccccc1)c1ccccc1. The van der Waals surface area contributed by atoms with Crippen LogP contribution in [-0.2, 0) is 14.1 Å². The van der Waals surface area contributed by atoms with Gasteiger partial charge in [-0.05, 0) is 0 Å². The molecule has 0 radical (unpaired) electrons. The number of alkyl halides is 3. The molecule has 0 aromatic heterocycles. The molecule has 226 valence electrons. The second-order valence-electron chi connectivity index (χ2n) is 11.6. The van der Waals surface area contributed by atoms with Crippen molar-refractivity contribution in [2.24, 2.45) is 5.41 Å². The Kier molecular flexibility index (Phi) is 9.01. The molecule has 0 aliphatic heterocycles. The number of ketones is 1. The van der Waals surface area contributed by atoms with Crippen LogP contribution in [0.4, 0.5) is 13.2 Å². The Hall–Kier alpha value is -3.80. The van der Waals surface area contributed by atoms with Gasteiger partial charge in [0.1, 0.15) is 0 Å². The first-order valence-corrected chi connectivity index (χ1v) is 16.3. The summed E-state index contributed by atoms with van der Waals surface area (Å²) in [6, 6.07) is 26.0. The molecule has 3 aromatic carbocycles. The van der Waals surface area contributed by atoms with E-state index in [1.165, 1.54) is 0 Å². The topological polar surface area (TPSA) is 63.6 Å². The Morgan fingerprint density at radius 3 is 1.79 bits per heavy atom. The Morgan fingerprint density at radius 2 is 1.37 bits per heavy atom. The van der Waals surface area contributed by atoms with Crippen molar-refractivity contribution in [1.29, 1.82) is 0 Å². The van der Waals surface area contributed by atoms with Crippen LogP contribution in [0.25, 0.3) is 0 Å². The van der Waals surface area contributed by atoms with Gasteiger partial charge >= 0.3 is 251 Å². The van der Waals surface area contributed by atoms with Crippen molar-refractivity contribution in [2.75, 3.05) is 6.16 Å². The first-order valence-electron chi connectivity index (χ1n) is 14.0. The fraction of sp³-hybridized carbons (Fsp3) is 0.257. The molecule has 1 N–H and O–H groups in total. The number of hydrogen-bond donors (Lipinski definition) is 1. The molecule has 1 aliphatic rings. The Labute approximate surface area is 250 Å². The van der Waals surface area contributed by atoms with Gasteiger partial charge in [-0.3, -0.25) is 0 Å². The van der Waals surface area contributed by atoms with E-state index >= 15 is 0 Å². The van der Waals surface area contributed by atoms with Crippen LogP contribution in [-0.4, -0.2) is 35.3 Å². The number of halogens is 3. The number of allylic oxidation sites excluding steroid dienone is 5. The van der Waals surface area contributed by atoms with Crippen LogP contribution in [0.2, 0.25) is 0 Å². The molecule has 0 amide bonds. The normalized spacial score (nSPS) is 18.8. The third-order valence-electron chi connectivity index (χ3n) is 8.21. The zero-order valence-corrected chi connectivity index (χ0v) is 25.5. The van der Waals surface area contributed by atoms with Gasteiger partial charge < -0.3 is 0 Å². The molecule has 8 heteroatoms. The summed E-state index contributed by atoms with van der Waals surface area (Å²) in [6.07, 6.45) is -0.604. The molecule has 0 saturated carbocycles. The molecule has 1 atom stereocenters. The number of aliphatic hydroxyl groups is 1. The number of carbonyl (C=O) groups excluding carboxylic acids is 2. The summed E-state index contributed by atoms with van der Waals surface area (Å²) in [5.41, 5.74) is 1.50. The summed E-state index contributed by atoms with van der Waals surface area (Å²) >= 11 is 0. The maximum atomic E-state index is 14.1. The van der Waals surface area contributed by atoms with E-state index in [0.29, 0.717) is 27.1 Å². The number of benzene rings is 3. The Balaban J connectivity index is 1.99. The average Bonchev–Trinajstić information content (AvgIpc) is 2.98. The minimum absolute atomic E-state index is 0.0410. The van der Waals surface area contributed by atoms with Crippen molar-refractivity contribution in [3.05, 3.63) is 126 Å². The van der Waals surface area contributed by atoms with Gasteiger partial charge in [-0.25, -0.2) is 0 Å². The van der Waals surface area contributed by atoms with Crippen molar-refractivity contribution in [2.45, 2.75) is 46.4 Å². The summed E-state index contributed by atoms with van der Waals surface area (Å²) in [6.45, 7) is 2.76. The Morgan fingerprint density at radius 1 is 0.930 bits per heavy atom. The third-order valence-corrected chi connectivity index (χ3v) is 13.8. The van der Waals surface area contributed by atoms with E-state index in [4.69, 9.17) is 4.52 Å². The standard InChI is InChI=1S/C35H36F3O4P/c1-25(20-21-30-26(2)32(40)31(39)24-34(30,3)4)22-23-43(27-14-8-5-9-15-27,28-16-10-6-11-17-28,29-18-12-7-13-19-29)42-33(41)35(36,37)38/h5-22,31,39H,23-24H2,1-4H3. The molecular weight excluding hydrogens is 572 g/mol. The van der Waals surface area contributed by atoms with Crippen molar-refractivity contribution in [3.8, 4) is 0 Å². The molecule has 0 fully saturated rings. The van der Waals surface area contributed by atoms with Crippen molar-refractivity contribution in [3.63, 3.8) is 0 Å². The van der Waals surface area contributed by atoms with Crippen LogP contribution in [0.15, 0.2) is 126 Å². The van der Waals surface area contributed by atoms with Gasteiger partial charge in [-0.1, -0.05) is 0 Å². The van der Waals surface area contributed by atoms with Gasteiger partial charge in [0.15, 0.2) is 0 Å². The molecule has 43 heavy (non-hydrogen) atoms. The number of Topliss-reactive ketones (excluding diaryl/α,β-unsaturated/α-hetero) is 1. The second kappa shape index (κ2) is 12.1. The van der Waals surface area contributed by atoms with Gasteiger partial charge in [-0.2, -0.15) is 0 Å². The summed E-state index contributed by atoms with van der Waals surface area (Å²) in [5.74, 6) is -2.58. The summed E-state index contributed by atoms with van der Waals surface area (Å²) in [4.78, 5) is 25.5. The van der Waals surface area contributed by atoms with E-state index in [-0.39, 0.29) is 18.4 Å². The van der Waals surface area contributed by atoms with Gasteiger partial charge in [-0.15, -0.1) is 0 Å². The van der Waals surface area contributed by atoms with E-state index in [0.717, 1.165) is 5.57 Å². The van der Waals surface area contributed by atoms with Crippen molar-refractivity contribution < 1.29 is 32.4 Å². The molecule has 0 bridgehead atoms. The number of aliphatic hydroxyl groups excluding tert-OH is 1. The predicted octanol–water partition coefficient (Wildman–Crippen LogP) is 6.72. The predicted molar refractivity (Wildman–Crippen MR) is 167 cm³/mol. The molecule has 3 aromatic rings. The van der Waals surface area contributed by atoms with E-state index in [9.17, 15) is 27.9 Å². The van der Waals surface area contributed by atoms with Crippen LogP contribution in [0.5, 0.6) is 0 Å². The number of rotatable bonds is 8. The van der Waals surface area contributed by atoms with E-state index in [1.807, 2.05) is 32.9 Å². The Bertz CT molecular complexity index is 1470. The molecule has 0 heterocycles. The minimum atomic E-state index is -5.23. The maximum absolute atomic E-state index is 14.1. The van der Waals surface area contributed by atoms with E-state index in [2.05, 4.69) is 0 Å². The average molecular weight is 609 g/mol. The van der Waals surface area contributed by atoms with Gasteiger partial charge in [0.05, 0.1) is 0 Å². The van der Waals surface area contributed by atoms with Crippen molar-refractivity contribution in [1.82, 2.24) is 0 Å². The number of carbonyl (C=O) groups is 2. The van der Waals surface area contributed by atoms with Gasteiger partial charge in [0.2, 0.25) is 0 Å². The molecule has 0 spiro atoms. The monoisotopic (exact) mass is 608 g/mol.